The number of nitrogens with zero attached hydrogens (tertiary/aromatic N) is 1. The molecule has 1 aromatic rings. The van der Waals surface area contributed by atoms with E-state index in [4.69, 9.17) is 5.21 Å². The molecule has 5 nitrogen and oxygen atoms in total. The average Bonchev–Trinajstić information content (AvgIpc) is 2.21. The highest BCUT2D eigenvalue weighted by Crippen LogP contribution is 2.04. The van der Waals surface area contributed by atoms with Gasteiger partial charge < -0.3 is 5.32 Å². The van der Waals surface area contributed by atoms with E-state index in [0.717, 1.165) is 0 Å². The topological polar surface area (TPSA) is 73.7 Å². The first-order valence-electron chi connectivity index (χ1n) is 4.01. The maximum Gasteiger partial charge on any atom is 0.292 e. The SMILES string of the molecule is CN=C(NO)C(=O)Nc1ccccc1. The Balaban J connectivity index is 2.66. The molecule has 0 atom stereocenters. The van der Waals surface area contributed by atoms with Gasteiger partial charge in [0.25, 0.3) is 5.91 Å². The number of anilines is 1. The normalized spacial score (nSPS) is 10.9. The predicted molar refractivity (Wildman–Crippen MR) is 53.4 cm³/mol. The van der Waals surface area contributed by atoms with Gasteiger partial charge in [-0.3, -0.25) is 15.0 Å². The zero-order valence-electron chi connectivity index (χ0n) is 7.69. The molecule has 1 aromatic carbocycles. The molecule has 5 heteroatoms. The van der Waals surface area contributed by atoms with Crippen molar-refractivity contribution in [2.75, 3.05) is 12.4 Å². The molecule has 0 saturated heterocycles. The van der Waals surface area contributed by atoms with Crippen LogP contribution in [0.2, 0.25) is 0 Å². The molecule has 0 aromatic heterocycles. The van der Waals surface area contributed by atoms with E-state index in [1.165, 1.54) is 7.05 Å². The van der Waals surface area contributed by atoms with Crippen LogP contribution >= 0.6 is 0 Å². The van der Waals surface area contributed by atoms with Gasteiger partial charge in [0.05, 0.1) is 0 Å². The van der Waals surface area contributed by atoms with Crippen LogP contribution in [0.5, 0.6) is 0 Å². The molecule has 0 bridgehead atoms. The fourth-order valence-corrected chi connectivity index (χ4v) is 0.914. The highest BCUT2D eigenvalue weighted by molar-refractivity contribution is 6.41. The first-order valence-corrected chi connectivity index (χ1v) is 4.01. The average molecular weight is 193 g/mol. The van der Waals surface area contributed by atoms with Gasteiger partial charge in [-0.1, -0.05) is 18.2 Å². The van der Waals surface area contributed by atoms with Gasteiger partial charge in [-0.05, 0) is 12.1 Å². The summed E-state index contributed by atoms with van der Waals surface area (Å²) in [6.07, 6.45) is 0. The number of hydrogen-bond acceptors (Lipinski definition) is 3. The van der Waals surface area contributed by atoms with Crippen LogP contribution in [0, 0.1) is 0 Å². The highest BCUT2D eigenvalue weighted by atomic mass is 16.5. The van der Waals surface area contributed by atoms with Crippen LogP contribution in [0.1, 0.15) is 0 Å². The maximum absolute atomic E-state index is 11.3. The Kier molecular flexibility index (Phi) is 3.63. The molecule has 0 fully saturated rings. The van der Waals surface area contributed by atoms with Crippen molar-refractivity contribution < 1.29 is 10.0 Å². The van der Waals surface area contributed by atoms with Crippen LogP contribution < -0.4 is 10.8 Å². The Morgan fingerprint density at radius 3 is 2.50 bits per heavy atom. The molecule has 1 amide bonds. The summed E-state index contributed by atoms with van der Waals surface area (Å²) < 4.78 is 0. The third-order valence-electron chi connectivity index (χ3n) is 1.58. The van der Waals surface area contributed by atoms with Gasteiger partial charge in [-0.25, -0.2) is 5.48 Å². The molecule has 0 spiro atoms. The van der Waals surface area contributed by atoms with Crippen molar-refractivity contribution in [3.8, 4) is 0 Å². The van der Waals surface area contributed by atoms with Crippen LogP contribution in [-0.4, -0.2) is 24.0 Å². The lowest BCUT2D eigenvalue weighted by Gasteiger charge is -2.05. The summed E-state index contributed by atoms with van der Waals surface area (Å²) in [6, 6.07) is 8.91. The largest absolute Gasteiger partial charge is 0.319 e. The van der Waals surface area contributed by atoms with Crippen LogP contribution in [0.4, 0.5) is 5.69 Å². The van der Waals surface area contributed by atoms with Gasteiger partial charge in [-0.2, -0.15) is 0 Å². The van der Waals surface area contributed by atoms with E-state index in [9.17, 15) is 4.79 Å². The zero-order valence-corrected chi connectivity index (χ0v) is 7.69. The molecular formula is C9H11N3O2. The Morgan fingerprint density at radius 2 is 2.00 bits per heavy atom. The Labute approximate surface area is 81.4 Å². The Hall–Kier alpha value is -1.88. The Bertz CT molecular complexity index is 335. The Morgan fingerprint density at radius 1 is 1.36 bits per heavy atom. The van der Waals surface area contributed by atoms with Crippen molar-refractivity contribution in [1.29, 1.82) is 0 Å². The lowest BCUT2D eigenvalue weighted by atomic mass is 10.3. The van der Waals surface area contributed by atoms with Crippen LogP contribution in [-0.2, 0) is 4.79 Å². The number of carbonyl (C=O) groups is 1. The second-order valence-electron chi connectivity index (χ2n) is 2.50. The van der Waals surface area contributed by atoms with Crippen molar-refractivity contribution in [2.24, 2.45) is 4.99 Å². The number of hydroxylamine groups is 1. The van der Waals surface area contributed by atoms with E-state index >= 15 is 0 Å². The van der Waals surface area contributed by atoms with Crippen molar-refractivity contribution in [3.05, 3.63) is 30.3 Å². The van der Waals surface area contributed by atoms with E-state index in [0.29, 0.717) is 5.69 Å². The molecule has 74 valence electrons. The molecule has 14 heavy (non-hydrogen) atoms. The second-order valence-corrected chi connectivity index (χ2v) is 2.50. The summed E-state index contributed by atoms with van der Waals surface area (Å²) in [5.41, 5.74) is 2.36. The zero-order chi connectivity index (χ0) is 10.4. The minimum absolute atomic E-state index is 0.131. The van der Waals surface area contributed by atoms with Gasteiger partial charge in [0, 0.05) is 12.7 Å². The third-order valence-corrected chi connectivity index (χ3v) is 1.58. The monoisotopic (exact) mass is 193 g/mol. The first kappa shape index (κ1) is 10.2. The molecule has 3 N–H and O–H groups in total. The number of benzene rings is 1. The maximum atomic E-state index is 11.3. The molecule has 0 aliphatic carbocycles. The molecule has 0 aliphatic heterocycles. The summed E-state index contributed by atoms with van der Waals surface area (Å²) >= 11 is 0. The van der Waals surface area contributed by atoms with Gasteiger partial charge in [-0.15, -0.1) is 0 Å². The lowest BCUT2D eigenvalue weighted by molar-refractivity contribution is -0.110. The minimum atomic E-state index is -0.485. The predicted octanol–water partition coefficient (Wildman–Crippen LogP) is 0.632. The summed E-state index contributed by atoms with van der Waals surface area (Å²) in [6.45, 7) is 0. The van der Waals surface area contributed by atoms with Crippen molar-refractivity contribution in [3.63, 3.8) is 0 Å². The number of aliphatic imine (C=N–C) groups is 1. The second kappa shape index (κ2) is 4.98. The fourth-order valence-electron chi connectivity index (χ4n) is 0.914. The van der Waals surface area contributed by atoms with Gasteiger partial charge >= 0.3 is 0 Å². The van der Waals surface area contributed by atoms with E-state index < -0.39 is 5.91 Å². The molecule has 1 rings (SSSR count). The summed E-state index contributed by atoms with van der Waals surface area (Å²) in [4.78, 5) is 14.9. The summed E-state index contributed by atoms with van der Waals surface area (Å²) in [5.74, 6) is -0.616. The summed E-state index contributed by atoms with van der Waals surface area (Å²) in [7, 11) is 1.41. The highest BCUT2D eigenvalue weighted by Gasteiger charge is 2.08. The number of amides is 1. The van der Waals surface area contributed by atoms with Crippen LogP contribution in [0.15, 0.2) is 35.3 Å². The number of carbonyl (C=O) groups excluding carboxylic acids is 1. The third kappa shape index (κ3) is 2.56. The van der Waals surface area contributed by atoms with E-state index in [2.05, 4.69) is 10.3 Å². The number of nitrogens with one attached hydrogen (secondary N) is 2. The molecule has 0 aliphatic rings. The number of para-hydroxylation sites is 1. The van der Waals surface area contributed by atoms with Gasteiger partial charge in [0.2, 0.25) is 5.84 Å². The van der Waals surface area contributed by atoms with Crippen molar-refractivity contribution >= 4 is 17.4 Å². The smallest absolute Gasteiger partial charge is 0.292 e. The van der Waals surface area contributed by atoms with Crippen molar-refractivity contribution in [2.45, 2.75) is 0 Å². The molecule has 0 radical (unpaired) electrons. The van der Waals surface area contributed by atoms with E-state index in [1.54, 1.807) is 29.7 Å². The fraction of sp³-hybridized carbons (Fsp3) is 0.111. The van der Waals surface area contributed by atoms with Crippen molar-refractivity contribution in [1.82, 2.24) is 5.48 Å². The standard InChI is InChI=1S/C9H11N3O2/c1-10-8(12-14)9(13)11-7-5-3-2-4-6-7/h2-6,14H,1H3,(H,10,12)(H,11,13). The van der Waals surface area contributed by atoms with Gasteiger partial charge in [0.1, 0.15) is 0 Å². The summed E-state index contributed by atoms with van der Waals surface area (Å²) in [5, 5.41) is 11.1. The first-order chi connectivity index (χ1) is 6.77. The van der Waals surface area contributed by atoms with Crippen LogP contribution in [0.25, 0.3) is 0 Å². The quantitative estimate of drug-likeness (QED) is 0.348. The lowest BCUT2D eigenvalue weighted by Crippen LogP contribution is -2.33. The molecular weight excluding hydrogens is 182 g/mol. The molecule has 0 saturated carbocycles. The number of hydrogen-bond donors (Lipinski definition) is 3. The van der Waals surface area contributed by atoms with Gasteiger partial charge in [0.15, 0.2) is 0 Å². The number of rotatable bonds is 1. The minimum Gasteiger partial charge on any atom is -0.319 e. The molecule has 0 heterocycles. The van der Waals surface area contributed by atoms with E-state index in [-0.39, 0.29) is 5.84 Å². The number of amidine groups is 1. The van der Waals surface area contributed by atoms with E-state index in [1.807, 2.05) is 6.07 Å². The molecule has 0 unspecified atom stereocenters. The van der Waals surface area contributed by atoms with Crippen LogP contribution in [0.3, 0.4) is 0 Å².